The van der Waals surface area contributed by atoms with E-state index in [9.17, 15) is 14.0 Å². The Morgan fingerprint density at radius 2 is 1.29 bits per heavy atom. The fourth-order valence-corrected chi connectivity index (χ4v) is 5.14. The summed E-state index contributed by atoms with van der Waals surface area (Å²) in [7, 11) is 0. The van der Waals surface area contributed by atoms with Gasteiger partial charge in [-0.1, -0.05) is 60.7 Å². The second kappa shape index (κ2) is 5.61. The van der Waals surface area contributed by atoms with Crippen LogP contribution in [0, 0.1) is 17.2 Å². The first-order valence-corrected chi connectivity index (χ1v) is 9.28. The number of halogens is 1. The first-order valence-electron chi connectivity index (χ1n) is 9.28. The van der Waals surface area contributed by atoms with Crippen LogP contribution < -0.4 is 4.90 Å². The van der Waals surface area contributed by atoms with Crippen molar-refractivity contribution in [3.05, 3.63) is 102 Å². The van der Waals surface area contributed by atoms with Crippen LogP contribution in [0.4, 0.5) is 10.1 Å². The fourth-order valence-electron chi connectivity index (χ4n) is 5.14. The molecule has 138 valence electrons. The van der Waals surface area contributed by atoms with Gasteiger partial charge in [0.1, 0.15) is 5.82 Å². The number of fused-ring (bicyclic) bond motifs is 1. The van der Waals surface area contributed by atoms with Crippen LogP contribution in [0.15, 0.2) is 84.9 Å². The summed E-state index contributed by atoms with van der Waals surface area (Å²) < 4.78 is 13.3. The molecular weight excluding hydrogens is 353 g/mol. The lowest BCUT2D eigenvalue weighted by Gasteiger charge is -2.29. The third-order valence-corrected chi connectivity index (χ3v) is 6.40. The van der Waals surface area contributed by atoms with Gasteiger partial charge >= 0.3 is 0 Å². The molecule has 2 amide bonds. The van der Waals surface area contributed by atoms with Crippen molar-refractivity contribution in [3.8, 4) is 0 Å². The number of rotatable bonds is 3. The number of carbonyl (C=O) groups is 2. The summed E-state index contributed by atoms with van der Waals surface area (Å²) in [5.41, 5.74) is 0.796. The molecule has 0 spiro atoms. The quantitative estimate of drug-likeness (QED) is 0.643. The highest BCUT2D eigenvalue weighted by Crippen LogP contribution is 2.76. The van der Waals surface area contributed by atoms with Gasteiger partial charge in [-0.25, -0.2) is 9.29 Å². The molecule has 5 rings (SSSR count). The van der Waals surface area contributed by atoms with Crippen molar-refractivity contribution in [1.29, 1.82) is 0 Å². The van der Waals surface area contributed by atoms with E-state index in [0.717, 1.165) is 11.1 Å². The smallest absolute Gasteiger partial charge is 0.241 e. The number of hydrogen-bond acceptors (Lipinski definition) is 2. The summed E-state index contributed by atoms with van der Waals surface area (Å²) in [5, 5.41) is 0. The maximum Gasteiger partial charge on any atom is 0.241 e. The summed E-state index contributed by atoms with van der Waals surface area (Å²) >= 11 is 0. The van der Waals surface area contributed by atoms with Crippen molar-refractivity contribution in [1.82, 2.24) is 0 Å². The highest BCUT2D eigenvalue weighted by atomic mass is 19.1. The SMILES string of the molecule is C[C@]12C(=O)N(c3ccc(F)cc3)C(=O)[C@@H]1C2(c1ccccc1)c1ccccc1. The number of benzene rings is 3. The lowest BCUT2D eigenvalue weighted by Crippen LogP contribution is -2.42. The molecule has 1 aliphatic heterocycles. The van der Waals surface area contributed by atoms with E-state index >= 15 is 0 Å². The maximum atomic E-state index is 13.5. The molecule has 4 heteroatoms. The lowest BCUT2D eigenvalue weighted by molar-refractivity contribution is -0.125. The molecule has 2 aliphatic rings. The van der Waals surface area contributed by atoms with Crippen molar-refractivity contribution in [2.24, 2.45) is 11.3 Å². The van der Waals surface area contributed by atoms with Crippen LogP contribution in [0.2, 0.25) is 0 Å². The molecule has 2 fully saturated rings. The van der Waals surface area contributed by atoms with E-state index in [1.165, 1.54) is 29.2 Å². The second-order valence-electron chi connectivity index (χ2n) is 7.63. The average Bonchev–Trinajstić information content (AvgIpc) is 3.26. The molecule has 1 saturated carbocycles. The highest BCUT2D eigenvalue weighted by Gasteiger charge is 2.86. The van der Waals surface area contributed by atoms with Gasteiger partial charge in [0, 0.05) is 5.41 Å². The molecule has 0 radical (unpaired) electrons. The van der Waals surface area contributed by atoms with Crippen LogP contribution >= 0.6 is 0 Å². The first kappa shape index (κ1) is 16.9. The van der Waals surface area contributed by atoms with Crippen LogP contribution in [0.3, 0.4) is 0 Å². The Balaban J connectivity index is 1.67. The monoisotopic (exact) mass is 371 g/mol. The maximum absolute atomic E-state index is 13.5. The number of carbonyl (C=O) groups excluding carboxylic acids is 2. The van der Waals surface area contributed by atoms with Crippen molar-refractivity contribution < 1.29 is 14.0 Å². The topological polar surface area (TPSA) is 37.4 Å². The molecule has 3 nitrogen and oxygen atoms in total. The van der Waals surface area contributed by atoms with Gasteiger partial charge in [0.05, 0.1) is 17.0 Å². The van der Waals surface area contributed by atoms with Crippen molar-refractivity contribution in [2.45, 2.75) is 12.3 Å². The largest absolute Gasteiger partial charge is 0.274 e. The summed E-state index contributed by atoms with van der Waals surface area (Å²) in [6.45, 7) is 1.88. The number of imide groups is 1. The van der Waals surface area contributed by atoms with Crippen LogP contribution in [-0.4, -0.2) is 11.8 Å². The van der Waals surface area contributed by atoms with E-state index in [1.54, 1.807) is 0 Å². The molecule has 0 N–H and O–H groups in total. The van der Waals surface area contributed by atoms with Gasteiger partial charge in [-0.05, 0) is 42.3 Å². The minimum atomic E-state index is -0.874. The molecule has 3 aromatic carbocycles. The second-order valence-corrected chi connectivity index (χ2v) is 7.63. The number of amides is 2. The molecule has 1 saturated heterocycles. The molecule has 28 heavy (non-hydrogen) atoms. The molecule has 0 aromatic heterocycles. The molecule has 1 heterocycles. The van der Waals surface area contributed by atoms with Gasteiger partial charge in [-0.3, -0.25) is 9.59 Å². The zero-order valence-corrected chi connectivity index (χ0v) is 15.3. The molecule has 2 atom stereocenters. The van der Waals surface area contributed by atoms with E-state index in [2.05, 4.69) is 0 Å². The minimum absolute atomic E-state index is 0.230. The molecule has 1 aliphatic carbocycles. The van der Waals surface area contributed by atoms with Crippen molar-refractivity contribution in [2.75, 3.05) is 4.90 Å². The number of hydrogen-bond donors (Lipinski definition) is 0. The zero-order valence-electron chi connectivity index (χ0n) is 15.3. The fraction of sp³-hybridized carbons (Fsp3) is 0.167. The van der Waals surface area contributed by atoms with Gasteiger partial charge in [-0.2, -0.15) is 0 Å². The Morgan fingerprint density at radius 1 is 0.786 bits per heavy atom. The van der Waals surface area contributed by atoms with Crippen molar-refractivity contribution >= 4 is 17.5 Å². The van der Waals surface area contributed by atoms with E-state index in [4.69, 9.17) is 0 Å². The average molecular weight is 371 g/mol. The third-order valence-electron chi connectivity index (χ3n) is 6.40. The number of nitrogens with zero attached hydrogens (tertiary/aromatic N) is 1. The third kappa shape index (κ3) is 1.87. The lowest BCUT2D eigenvalue weighted by atomic mass is 9.79. The molecule has 0 unspecified atom stereocenters. The van der Waals surface area contributed by atoms with Crippen LogP contribution in [-0.2, 0) is 15.0 Å². The normalized spacial score (nSPS) is 24.9. The summed E-state index contributed by atoms with van der Waals surface area (Å²) in [6, 6.07) is 25.0. The van der Waals surface area contributed by atoms with Crippen LogP contribution in [0.5, 0.6) is 0 Å². The standard InChI is InChI=1S/C24H18FNO2/c1-23-20(21(27)26(22(23)28)19-14-12-18(25)13-15-19)24(23,16-8-4-2-5-9-16)17-10-6-3-7-11-17/h2-15,20H,1H3/t20-,23+/m0/s1. The predicted octanol–water partition coefficient (Wildman–Crippen LogP) is 4.32. The van der Waals surface area contributed by atoms with E-state index in [1.807, 2.05) is 67.6 Å². The Morgan fingerprint density at radius 3 is 1.71 bits per heavy atom. The van der Waals surface area contributed by atoms with E-state index < -0.39 is 22.6 Å². The summed E-state index contributed by atoms with van der Waals surface area (Å²) in [5.74, 6) is -1.35. The van der Waals surface area contributed by atoms with Gasteiger partial charge in [0.2, 0.25) is 11.8 Å². The van der Waals surface area contributed by atoms with Gasteiger partial charge in [0.15, 0.2) is 0 Å². The Kier molecular flexibility index (Phi) is 3.38. The number of piperidine rings is 1. The molecular formula is C24H18FNO2. The van der Waals surface area contributed by atoms with E-state index in [-0.39, 0.29) is 11.8 Å². The van der Waals surface area contributed by atoms with Gasteiger partial charge < -0.3 is 0 Å². The Hall–Kier alpha value is -3.27. The number of anilines is 1. The van der Waals surface area contributed by atoms with Gasteiger partial charge in [-0.15, -0.1) is 0 Å². The summed E-state index contributed by atoms with van der Waals surface area (Å²) in [4.78, 5) is 28.2. The minimum Gasteiger partial charge on any atom is -0.274 e. The highest BCUT2D eigenvalue weighted by molar-refractivity contribution is 6.29. The van der Waals surface area contributed by atoms with Crippen molar-refractivity contribution in [3.63, 3.8) is 0 Å². The Bertz CT molecular complexity index is 1040. The molecule has 3 aromatic rings. The van der Waals surface area contributed by atoms with Gasteiger partial charge in [0.25, 0.3) is 0 Å². The zero-order chi connectivity index (χ0) is 19.5. The van der Waals surface area contributed by atoms with E-state index in [0.29, 0.717) is 5.69 Å². The van der Waals surface area contributed by atoms with Crippen LogP contribution in [0.25, 0.3) is 0 Å². The first-order chi connectivity index (χ1) is 13.5. The predicted molar refractivity (Wildman–Crippen MR) is 104 cm³/mol. The summed E-state index contributed by atoms with van der Waals surface area (Å²) in [6.07, 6.45) is 0. The Labute approximate surface area is 162 Å². The molecule has 0 bridgehead atoms. The van der Waals surface area contributed by atoms with Crippen LogP contribution in [0.1, 0.15) is 18.1 Å².